The Labute approximate surface area is 175 Å². The molecule has 0 fully saturated rings. The molecule has 0 atom stereocenters. The maximum absolute atomic E-state index is 4.51. The molecule has 0 saturated heterocycles. The molecule has 144 valence electrons. The standard InChI is InChI=1S/C26H20N4/c1-4-10-20(11-5-1)21-16-18-22(19-17-21)25-28-29-26(27-23-12-6-2-7-13-23)30(25)24-14-8-3-9-15-24/h1-19H,(H,27,29). The highest BCUT2D eigenvalue weighted by atomic mass is 15.4. The van der Waals surface area contributed by atoms with E-state index in [-0.39, 0.29) is 0 Å². The molecule has 4 heteroatoms. The minimum absolute atomic E-state index is 0.675. The van der Waals surface area contributed by atoms with E-state index in [1.165, 1.54) is 11.1 Å². The van der Waals surface area contributed by atoms with Gasteiger partial charge in [-0.1, -0.05) is 91.0 Å². The highest BCUT2D eigenvalue weighted by Crippen LogP contribution is 2.29. The summed E-state index contributed by atoms with van der Waals surface area (Å²) in [4.78, 5) is 0. The second-order valence-corrected chi connectivity index (χ2v) is 6.95. The molecule has 0 aliphatic heterocycles. The van der Waals surface area contributed by atoms with Crippen molar-refractivity contribution in [2.45, 2.75) is 0 Å². The van der Waals surface area contributed by atoms with E-state index >= 15 is 0 Å². The van der Waals surface area contributed by atoms with E-state index in [1.807, 2.05) is 59.2 Å². The fourth-order valence-corrected chi connectivity index (χ4v) is 3.47. The number of hydrogen-bond donors (Lipinski definition) is 1. The van der Waals surface area contributed by atoms with E-state index in [2.05, 4.69) is 76.2 Å². The van der Waals surface area contributed by atoms with E-state index < -0.39 is 0 Å². The Morgan fingerprint density at radius 2 is 1.03 bits per heavy atom. The van der Waals surface area contributed by atoms with Crippen LogP contribution in [0.3, 0.4) is 0 Å². The van der Waals surface area contributed by atoms with Crippen molar-refractivity contribution in [1.29, 1.82) is 0 Å². The van der Waals surface area contributed by atoms with Gasteiger partial charge in [-0.05, 0) is 35.4 Å². The number of benzene rings is 4. The Hall–Kier alpha value is -4.18. The lowest BCUT2D eigenvalue weighted by Gasteiger charge is -2.12. The van der Waals surface area contributed by atoms with Gasteiger partial charge in [0.15, 0.2) is 5.82 Å². The van der Waals surface area contributed by atoms with Gasteiger partial charge in [0.2, 0.25) is 5.95 Å². The van der Waals surface area contributed by atoms with Crippen molar-refractivity contribution in [3.8, 4) is 28.2 Å². The zero-order chi connectivity index (χ0) is 20.2. The lowest BCUT2D eigenvalue weighted by molar-refractivity contribution is 1.07. The van der Waals surface area contributed by atoms with Crippen molar-refractivity contribution < 1.29 is 0 Å². The maximum Gasteiger partial charge on any atom is 0.234 e. The molecule has 0 aliphatic carbocycles. The number of hydrogen-bond acceptors (Lipinski definition) is 3. The molecule has 0 aliphatic rings. The van der Waals surface area contributed by atoms with Gasteiger partial charge in [0.1, 0.15) is 0 Å². The number of anilines is 2. The average Bonchev–Trinajstić information content (AvgIpc) is 3.24. The van der Waals surface area contributed by atoms with Gasteiger partial charge in [-0.3, -0.25) is 4.57 Å². The van der Waals surface area contributed by atoms with Gasteiger partial charge in [0.25, 0.3) is 0 Å². The fraction of sp³-hybridized carbons (Fsp3) is 0. The Morgan fingerprint density at radius 1 is 0.500 bits per heavy atom. The summed E-state index contributed by atoms with van der Waals surface area (Å²) in [5, 5.41) is 12.3. The number of nitrogens with one attached hydrogen (secondary N) is 1. The van der Waals surface area contributed by atoms with Crippen LogP contribution < -0.4 is 5.32 Å². The van der Waals surface area contributed by atoms with Crippen LogP contribution in [0.25, 0.3) is 28.2 Å². The molecule has 0 saturated carbocycles. The van der Waals surface area contributed by atoms with Crippen molar-refractivity contribution in [3.05, 3.63) is 115 Å². The predicted octanol–water partition coefficient (Wildman–Crippen LogP) is 6.34. The van der Waals surface area contributed by atoms with Crippen LogP contribution in [0.1, 0.15) is 0 Å². The summed E-state index contributed by atoms with van der Waals surface area (Å²) >= 11 is 0. The summed E-state index contributed by atoms with van der Waals surface area (Å²) in [6.07, 6.45) is 0. The SMILES string of the molecule is c1ccc(Nc2nnc(-c3ccc(-c4ccccc4)cc3)n2-c2ccccc2)cc1. The number of aromatic nitrogens is 3. The summed E-state index contributed by atoms with van der Waals surface area (Å²) in [6.45, 7) is 0. The summed E-state index contributed by atoms with van der Waals surface area (Å²) in [5.41, 5.74) is 5.34. The monoisotopic (exact) mass is 388 g/mol. The molecule has 30 heavy (non-hydrogen) atoms. The molecule has 5 aromatic rings. The summed E-state index contributed by atoms with van der Waals surface area (Å²) in [7, 11) is 0. The molecular weight excluding hydrogens is 368 g/mol. The number of nitrogens with zero attached hydrogens (tertiary/aromatic N) is 3. The number of rotatable bonds is 5. The third kappa shape index (κ3) is 3.59. The third-order valence-corrected chi connectivity index (χ3v) is 4.96. The first-order valence-electron chi connectivity index (χ1n) is 9.87. The smallest absolute Gasteiger partial charge is 0.234 e. The van der Waals surface area contributed by atoms with Crippen molar-refractivity contribution in [2.24, 2.45) is 0 Å². The minimum atomic E-state index is 0.675. The van der Waals surface area contributed by atoms with Crippen molar-refractivity contribution in [1.82, 2.24) is 14.8 Å². The van der Waals surface area contributed by atoms with Gasteiger partial charge >= 0.3 is 0 Å². The van der Waals surface area contributed by atoms with E-state index in [1.54, 1.807) is 0 Å². The largest absolute Gasteiger partial charge is 0.324 e. The quantitative estimate of drug-likeness (QED) is 0.382. The lowest BCUT2D eigenvalue weighted by atomic mass is 10.0. The third-order valence-electron chi connectivity index (χ3n) is 4.96. The molecular formula is C26H20N4. The molecule has 1 heterocycles. The molecule has 4 nitrogen and oxygen atoms in total. The van der Waals surface area contributed by atoms with Crippen LogP contribution in [-0.4, -0.2) is 14.8 Å². The van der Waals surface area contributed by atoms with E-state index in [4.69, 9.17) is 0 Å². The normalized spacial score (nSPS) is 10.7. The molecule has 0 unspecified atom stereocenters. The molecule has 0 spiro atoms. The van der Waals surface area contributed by atoms with Crippen LogP contribution in [-0.2, 0) is 0 Å². The molecule has 5 rings (SSSR count). The van der Waals surface area contributed by atoms with Gasteiger partial charge in [-0.2, -0.15) is 0 Å². The highest BCUT2D eigenvalue weighted by Gasteiger charge is 2.16. The Bertz CT molecular complexity index is 1230. The molecule has 0 radical (unpaired) electrons. The van der Waals surface area contributed by atoms with E-state index in [9.17, 15) is 0 Å². The molecule has 0 bridgehead atoms. The van der Waals surface area contributed by atoms with Crippen molar-refractivity contribution in [3.63, 3.8) is 0 Å². The second kappa shape index (κ2) is 8.05. The Morgan fingerprint density at radius 3 is 1.70 bits per heavy atom. The first-order chi connectivity index (χ1) is 14.9. The maximum atomic E-state index is 4.51. The zero-order valence-corrected chi connectivity index (χ0v) is 16.3. The van der Waals surface area contributed by atoms with Crippen LogP contribution in [0.15, 0.2) is 115 Å². The predicted molar refractivity (Wildman–Crippen MR) is 122 cm³/mol. The molecule has 4 aromatic carbocycles. The van der Waals surface area contributed by atoms with Gasteiger partial charge in [-0.15, -0.1) is 10.2 Å². The zero-order valence-electron chi connectivity index (χ0n) is 16.3. The fourth-order valence-electron chi connectivity index (χ4n) is 3.47. The topological polar surface area (TPSA) is 42.7 Å². The number of para-hydroxylation sites is 2. The van der Waals surface area contributed by atoms with Gasteiger partial charge in [-0.25, -0.2) is 0 Å². The summed E-state index contributed by atoms with van der Waals surface area (Å²) in [5.74, 6) is 1.47. The van der Waals surface area contributed by atoms with Crippen LogP contribution >= 0.6 is 0 Å². The Balaban J connectivity index is 1.57. The molecule has 1 aromatic heterocycles. The highest BCUT2D eigenvalue weighted by molar-refractivity contribution is 5.70. The Kier molecular flexibility index (Phi) is 4.80. The van der Waals surface area contributed by atoms with Crippen LogP contribution in [0, 0.1) is 0 Å². The first kappa shape index (κ1) is 17.9. The van der Waals surface area contributed by atoms with Gasteiger partial charge in [0.05, 0.1) is 5.69 Å². The van der Waals surface area contributed by atoms with Crippen molar-refractivity contribution >= 4 is 11.6 Å². The van der Waals surface area contributed by atoms with E-state index in [0.29, 0.717) is 5.95 Å². The molecule has 1 N–H and O–H groups in total. The van der Waals surface area contributed by atoms with Crippen LogP contribution in [0.2, 0.25) is 0 Å². The van der Waals surface area contributed by atoms with Crippen LogP contribution in [0.5, 0.6) is 0 Å². The average molecular weight is 388 g/mol. The van der Waals surface area contributed by atoms with Crippen molar-refractivity contribution in [2.75, 3.05) is 5.32 Å². The van der Waals surface area contributed by atoms with E-state index in [0.717, 1.165) is 22.8 Å². The van der Waals surface area contributed by atoms with Gasteiger partial charge in [0, 0.05) is 11.3 Å². The molecule has 0 amide bonds. The second-order valence-electron chi connectivity index (χ2n) is 6.95. The van der Waals surface area contributed by atoms with Crippen LogP contribution in [0.4, 0.5) is 11.6 Å². The minimum Gasteiger partial charge on any atom is -0.324 e. The lowest BCUT2D eigenvalue weighted by Crippen LogP contribution is -2.03. The first-order valence-corrected chi connectivity index (χ1v) is 9.87. The van der Waals surface area contributed by atoms with Gasteiger partial charge < -0.3 is 5.32 Å². The summed E-state index contributed by atoms with van der Waals surface area (Å²) in [6, 6.07) is 39.0. The summed E-state index contributed by atoms with van der Waals surface area (Å²) < 4.78 is 2.05.